The highest BCUT2D eigenvalue weighted by atomic mass is 32.2. The highest BCUT2D eigenvalue weighted by Crippen LogP contribution is 2.17. The SMILES string of the molecule is CCN1CCN(c2ccnc(C(=O)NC3CCS(=O)(=O)C3)c2)CC1. The van der Waals surface area contributed by atoms with Crippen molar-refractivity contribution < 1.29 is 13.2 Å². The minimum absolute atomic E-state index is 0.0252. The third-order valence-corrected chi connectivity index (χ3v) is 6.50. The van der Waals surface area contributed by atoms with Crippen LogP contribution >= 0.6 is 0 Å². The van der Waals surface area contributed by atoms with Crippen LogP contribution in [0.15, 0.2) is 18.3 Å². The zero-order chi connectivity index (χ0) is 17.2. The first-order valence-electron chi connectivity index (χ1n) is 8.41. The Labute approximate surface area is 143 Å². The van der Waals surface area contributed by atoms with Crippen LogP contribution in [0.4, 0.5) is 5.69 Å². The number of hydrogen-bond acceptors (Lipinski definition) is 6. The first kappa shape index (κ1) is 17.2. The second-order valence-electron chi connectivity index (χ2n) is 6.39. The van der Waals surface area contributed by atoms with Gasteiger partial charge in [0.05, 0.1) is 11.5 Å². The molecule has 2 aliphatic rings. The molecular formula is C16H24N4O3S. The number of rotatable bonds is 4. The number of carbonyl (C=O) groups is 1. The summed E-state index contributed by atoms with van der Waals surface area (Å²) in [6.07, 6.45) is 2.12. The summed E-state index contributed by atoms with van der Waals surface area (Å²) in [6, 6.07) is 3.40. The molecule has 1 N–H and O–H groups in total. The average Bonchev–Trinajstić information content (AvgIpc) is 2.93. The number of likely N-dealkylation sites (N-methyl/N-ethyl adjacent to an activating group) is 1. The van der Waals surface area contributed by atoms with Crippen LogP contribution in [0, 0.1) is 0 Å². The first-order valence-corrected chi connectivity index (χ1v) is 10.2. The third kappa shape index (κ3) is 4.05. The molecule has 24 heavy (non-hydrogen) atoms. The highest BCUT2D eigenvalue weighted by Gasteiger charge is 2.29. The molecule has 1 aromatic heterocycles. The van der Waals surface area contributed by atoms with Crippen LogP contribution in [-0.2, 0) is 9.84 Å². The number of carbonyl (C=O) groups excluding carboxylic acids is 1. The molecule has 2 saturated heterocycles. The summed E-state index contributed by atoms with van der Waals surface area (Å²) < 4.78 is 23.0. The van der Waals surface area contributed by atoms with Crippen LogP contribution in [0.1, 0.15) is 23.8 Å². The fourth-order valence-corrected chi connectivity index (χ4v) is 4.90. The normalized spacial score (nSPS) is 24.0. The summed E-state index contributed by atoms with van der Waals surface area (Å²) in [5.74, 6) is -0.129. The van der Waals surface area contributed by atoms with Gasteiger partial charge in [0, 0.05) is 44.1 Å². The molecule has 1 atom stereocenters. The Balaban J connectivity index is 1.64. The summed E-state index contributed by atoms with van der Waals surface area (Å²) in [5.41, 5.74) is 1.33. The van der Waals surface area contributed by atoms with Crippen LogP contribution in [-0.4, -0.2) is 74.5 Å². The van der Waals surface area contributed by atoms with E-state index in [1.54, 1.807) is 12.3 Å². The lowest BCUT2D eigenvalue weighted by Crippen LogP contribution is -2.46. The highest BCUT2D eigenvalue weighted by molar-refractivity contribution is 7.91. The van der Waals surface area contributed by atoms with Crippen LogP contribution in [0.3, 0.4) is 0 Å². The summed E-state index contributed by atoms with van der Waals surface area (Å²) in [5, 5.41) is 2.79. The van der Waals surface area contributed by atoms with E-state index in [1.165, 1.54) is 0 Å². The van der Waals surface area contributed by atoms with Gasteiger partial charge in [-0.2, -0.15) is 0 Å². The minimum atomic E-state index is -3.00. The van der Waals surface area contributed by atoms with Crippen molar-refractivity contribution in [3.05, 3.63) is 24.0 Å². The largest absolute Gasteiger partial charge is 0.369 e. The van der Waals surface area contributed by atoms with Gasteiger partial charge in [-0.1, -0.05) is 6.92 Å². The number of nitrogens with one attached hydrogen (secondary N) is 1. The molecule has 2 fully saturated rings. The molecular weight excluding hydrogens is 328 g/mol. The van der Waals surface area contributed by atoms with Gasteiger partial charge in [-0.3, -0.25) is 9.78 Å². The number of amides is 1. The number of sulfone groups is 1. The van der Waals surface area contributed by atoms with Gasteiger partial charge in [0.2, 0.25) is 0 Å². The van der Waals surface area contributed by atoms with Crippen molar-refractivity contribution in [2.75, 3.05) is 49.1 Å². The van der Waals surface area contributed by atoms with Crippen molar-refractivity contribution in [3.63, 3.8) is 0 Å². The second kappa shape index (κ2) is 7.06. The number of aromatic nitrogens is 1. The van der Waals surface area contributed by atoms with Crippen molar-refractivity contribution in [1.29, 1.82) is 0 Å². The summed E-state index contributed by atoms with van der Waals surface area (Å²) in [4.78, 5) is 21.1. The van der Waals surface area contributed by atoms with E-state index >= 15 is 0 Å². The number of pyridine rings is 1. The average molecular weight is 352 g/mol. The van der Waals surface area contributed by atoms with E-state index in [4.69, 9.17) is 0 Å². The summed E-state index contributed by atoms with van der Waals surface area (Å²) in [7, 11) is -3.00. The van der Waals surface area contributed by atoms with Crippen molar-refractivity contribution >= 4 is 21.4 Å². The molecule has 0 spiro atoms. The molecule has 3 heterocycles. The Hall–Kier alpha value is -1.67. The number of anilines is 1. The molecule has 1 unspecified atom stereocenters. The van der Waals surface area contributed by atoms with Gasteiger partial charge in [0.25, 0.3) is 5.91 Å². The van der Waals surface area contributed by atoms with Gasteiger partial charge < -0.3 is 15.1 Å². The molecule has 0 aromatic carbocycles. The number of piperazine rings is 1. The molecule has 7 nitrogen and oxygen atoms in total. The molecule has 1 amide bonds. The number of hydrogen-bond donors (Lipinski definition) is 1. The lowest BCUT2D eigenvalue weighted by atomic mass is 10.2. The van der Waals surface area contributed by atoms with Crippen molar-refractivity contribution in [1.82, 2.24) is 15.2 Å². The Bertz CT molecular complexity index is 699. The van der Waals surface area contributed by atoms with E-state index in [2.05, 4.69) is 27.0 Å². The van der Waals surface area contributed by atoms with E-state index in [-0.39, 0.29) is 23.5 Å². The van der Waals surface area contributed by atoms with Gasteiger partial charge in [-0.05, 0) is 25.1 Å². The molecule has 132 valence electrons. The minimum Gasteiger partial charge on any atom is -0.369 e. The van der Waals surface area contributed by atoms with Crippen LogP contribution in [0.2, 0.25) is 0 Å². The quantitative estimate of drug-likeness (QED) is 0.830. The van der Waals surface area contributed by atoms with Gasteiger partial charge >= 0.3 is 0 Å². The van der Waals surface area contributed by atoms with Crippen molar-refractivity contribution in [2.45, 2.75) is 19.4 Å². The van der Waals surface area contributed by atoms with Gasteiger partial charge in [0.15, 0.2) is 9.84 Å². The molecule has 0 radical (unpaired) electrons. The van der Waals surface area contributed by atoms with Crippen LogP contribution < -0.4 is 10.2 Å². The van der Waals surface area contributed by atoms with Gasteiger partial charge in [0.1, 0.15) is 5.69 Å². The standard InChI is InChI=1S/C16H24N4O3S/c1-2-19-6-8-20(9-7-19)14-3-5-17-15(11-14)16(21)18-13-4-10-24(22,23)12-13/h3,5,11,13H,2,4,6-10,12H2,1H3,(H,18,21). The monoisotopic (exact) mass is 352 g/mol. The molecule has 2 aliphatic heterocycles. The molecule has 8 heteroatoms. The maximum absolute atomic E-state index is 12.3. The Morgan fingerprint density at radius 3 is 2.71 bits per heavy atom. The predicted octanol–water partition coefficient (Wildman–Crippen LogP) is 0.140. The molecule has 1 aromatic rings. The van der Waals surface area contributed by atoms with Gasteiger partial charge in [-0.25, -0.2) is 8.42 Å². The fraction of sp³-hybridized carbons (Fsp3) is 0.625. The zero-order valence-electron chi connectivity index (χ0n) is 13.9. The third-order valence-electron chi connectivity index (χ3n) is 4.73. The zero-order valence-corrected chi connectivity index (χ0v) is 14.8. The fourth-order valence-electron chi connectivity index (χ4n) is 3.23. The summed E-state index contributed by atoms with van der Waals surface area (Å²) >= 11 is 0. The summed E-state index contributed by atoms with van der Waals surface area (Å²) in [6.45, 7) is 7.11. The van der Waals surface area contributed by atoms with Crippen molar-refractivity contribution in [2.24, 2.45) is 0 Å². The van der Waals surface area contributed by atoms with E-state index in [9.17, 15) is 13.2 Å². The van der Waals surface area contributed by atoms with E-state index in [0.717, 1.165) is 38.4 Å². The molecule has 0 aliphatic carbocycles. The molecule has 0 saturated carbocycles. The molecule has 0 bridgehead atoms. The van der Waals surface area contributed by atoms with Crippen molar-refractivity contribution in [3.8, 4) is 0 Å². The maximum atomic E-state index is 12.3. The lowest BCUT2D eigenvalue weighted by molar-refractivity contribution is 0.0936. The second-order valence-corrected chi connectivity index (χ2v) is 8.62. The maximum Gasteiger partial charge on any atom is 0.270 e. The first-order chi connectivity index (χ1) is 11.5. The van der Waals surface area contributed by atoms with Crippen LogP contribution in [0.25, 0.3) is 0 Å². The van der Waals surface area contributed by atoms with E-state index in [1.807, 2.05) is 6.07 Å². The Morgan fingerprint density at radius 1 is 1.33 bits per heavy atom. The topological polar surface area (TPSA) is 82.6 Å². The smallest absolute Gasteiger partial charge is 0.270 e. The Morgan fingerprint density at radius 2 is 2.08 bits per heavy atom. The van der Waals surface area contributed by atoms with Crippen LogP contribution in [0.5, 0.6) is 0 Å². The number of nitrogens with zero attached hydrogens (tertiary/aromatic N) is 3. The van der Waals surface area contributed by atoms with E-state index < -0.39 is 9.84 Å². The predicted molar refractivity (Wildman–Crippen MR) is 93.1 cm³/mol. The lowest BCUT2D eigenvalue weighted by Gasteiger charge is -2.35. The molecule has 3 rings (SSSR count). The Kier molecular flexibility index (Phi) is 5.05. The van der Waals surface area contributed by atoms with E-state index in [0.29, 0.717) is 12.1 Å². The van der Waals surface area contributed by atoms with Gasteiger partial charge in [-0.15, -0.1) is 0 Å².